The van der Waals surface area contributed by atoms with E-state index in [1.54, 1.807) is 66.7 Å². The molecule has 0 unspecified atom stereocenters. The Balaban J connectivity index is 1.54. The molecule has 0 spiro atoms. The van der Waals surface area contributed by atoms with Gasteiger partial charge in [-0.2, -0.15) is 0 Å². The molecule has 11 heteroatoms. The van der Waals surface area contributed by atoms with E-state index in [4.69, 9.17) is 14.2 Å². The number of amides is 3. The lowest BCUT2D eigenvalue weighted by atomic mass is 10.1. The summed E-state index contributed by atoms with van der Waals surface area (Å²) in [4.78, 5) is 39.7. The van der Waals surface area contributed by atoms with E-state index in [0.717, 1.165) is 4.90 Å². The van der Waals surface area contributed by atoms with Gasteiger partial charge in [0.1, 0.15) is 11.5 Å². The number of carbonyl (C=O) groups excluding carboxylic acids is 3. The van der Waals surface area contributed by atoms with Gasteiger partial charge in [0.25, 0.3) is 11.8 Å². The Morgan fingerprint density at radius 1 is 0.773 bits per heavy atom. The van der Waals surface area contributed by atoms with E-state index in [2.05, 4.69) is 16.0 Å². The summed E-state index contributed by atoms with van der Waals surface area (Å²) in [5, 5.41) is 8.23. The molecule has 0 saturated carbocycles. The minimum atomic E-state index is -0.584. The highest BCUT2D eigenvalue weighted by Crippen LogP contribution is 2.38. The van der Waals surface area contributed by atoms with Crippen molar-refractivity contribution in [2.24, 2.45) is 0 Å². The predicted octanol–water partition coefficient (Wildman–Crippen LogP) is 5.99. The van der Waals surface area contributed by atoms with Crippen molar-refractivity contribution >= 4 is 46.9 Å². The third kappa shape index (κ3) is 8.62. The largest absolute Gasteiger partial charge is 0.493 e. The first-order chi connectivity index (χ1) is 21.3. The molecule has 0 saturated heterocycles. The monoisotopic (exact) mass is 615 g/mol. The van der Waals surface area contributed by atoms with Crippen molar-refractivity contribution in [3.63, 3.8) is 0 Å². The van der Waals surface area contributed by atoms with Crippen LogP contribution in [0.2, 0.25) is 0 Å². The lowest BCUT2D eigenvalue weighted by Gasteiger charge is -2.15. The molecule has 0 fully saturated rings. The fourth-order valence-electron chi connectivity index (χ4n) is 4.04. The first-order valence-corrected chi connectivity index (χ1v) is 14.3. The van der Waals surface area contributed by atoms with Crippen molar-refractivity contribution < 1.29 is 33.0 Å². The van der Waals surface area contributed by atoms with Gasteiger partial charge in [-0.3, -0.25) is 14.4 Å². The minimum absolute atomic E-state index is 0.0372. The van der Waals surface area contributed by atoms with Crippen molar-refractivity contribution in [3.8, 4) is 17.2 Å². The number of carbonyl (C=O) groups is 3. The van der Waals surface area contributed by atoms with Crippen LogP contribution < -0.4 is 30.2 Å². The standard InChI is InChI=1S/C33H30FN3O6S/c1-41-28-17-21(18-29(42-2)31(28)43-3)16-27(37-32(39)22-8-5-4-6-9-22)33(40)36-25-10-7-11-26(19-25)44-20-30(38)35-24-14-12-23(34)13-15-24/h4-19H,20H2,1-3H3,(H,35,38)(H,36,40)(H,37,39)/b27-16+. The molecule has 0 bridgehead atoms. The van der Waals surface area contributed by atoms with Crippen LogP contribution in [0.5, 0.6) is 17.2 Å². The quantitative estimate of drug-likeness (QED) is 0.132. The summed E-state index contributed by atoms with van der Waals surface area (Å²) >= 11 is 1.26. The van der Waals surface area contributed by atoms with E-state index in [9.17, 15) is 18.8 Å². The van der Waals surface area contributed by atoms with Crippen molar-refractivity contribution in [2.75, 3.05) is 37.7 Å². The summed E-state index contributed by atoms with van der Waals surface area (Å²) in [6.45, 7) is 0. The van der Waals surface area contributed by atoms with Gasteiger partial charge in [0.15, 0.2) is 11.5 Å². The fourth-order valence-corrected chi connectivity index (χ4v) is 4.79. The molecule has 0 aliphatic heterocycles. The molecule has 0 aromatic heterocycles. The molecule has 9 nitrogen and oxygen atoms in total. The number of anilines is 2. The highest BCUT2D eigenvalue weighted by molar-refractivity contribution is 8.00. The number of ether oxygens (including phenoxy) is 3. The molecule has 3 amide bonds. The Morgan fingerprint density at radius 3 is 2.09 bits per heavy atom. The summed E-state index contributed by atoms with van der Waals surface area (Å²) in [5.74, 6) is -0.496. The second-order valence-corrected chi connectivity index (χ2v) is 10.2. The maximum atomic E-state index is 13.5. The van der Waals surface area contributed by atoms with Crippen molar-refractivity contribution in [3.05, 3.63) is 114 Å². The molecule has 4 aromatic carbocycles. The van der Waals surface area contributed by atoms with Gasteiger partial charge in [0, 0.05) is 21.8 Å². The molecular formula is C33H30FN3O6S. The summed E-state index contributed by atoms with van der Waals surface area (Å²) in [7, 11) is 4.44. The number of methoxy groups -OCH3 is 3. The number of hydrogen-bond acceptors (Lipinski definition) is 7. The van der Waals surface area contributed by atoms with Gasteiger partial charge in [-0.25, -0.2) is 4.39 Å². The molecule has 226 valence electrons. The van der Waals surface area contributed by atoms with Crippen LogP contribution >= 0.6 is 11.8 Å². The van der Waals surface area contributed by atoms with Crippen LogP contribution in [0.3, 0.4) is 0 Å². The Labute approximate surface area is 258 Å². The molecule has 0 atom stereocenters. The second-order valence-electron chi connectivity index (χ2n) is 9.16. The average molecular weight is 616 g/mol. The third-order valence-electron chi connectivity index (χ3n) is 6.12. The Morgan fingerprint density at radius 2 is 1.45 bits per heavy atom. The Kier molecular flexibility index (Phi) is 11.0. The minimum Gasteiger partial charge on any atom is -0.493 e. The third-order valence-corrected chi connectivity index (χ3v) is 7.11. The molecule has 0 radical (unpaired) electrons. The normalized spacial score (nSPS) is 10.9. The molecular weight excluding hydrogens is 585 g/mol. The maximum absolute atomic E-state index is 13.5. The lowest BCUT2D eigenvalue weighted by Crippen LogP contribution is -2.30. The smallest absolute Gasteiger partial charge is 0.272 e. The Bertz CT molecular complexity index is 1640. The molecule has 4 rings (SSSR count). The van der Waals surface area contributed by atoms with Crippen molar-refractivity contribution in [2.45, 2.75) is 4.90 Å². The summed E-state index contributed by atoms with van der Waals surface area (Å²) in [6.07, 6.45) is 1.50. The highest BCUT2D eigenvalue weighted by atomic mass is 32.2. The van der Waals surface area contributed by atoms with Crippen LogP contribution in [-0.4, -0.2) is 44.8 Å². The van der Waals surface area contributed by atoms with Crippen LogP contribution in [0.25, 0.3) is 6.08 Å². The SMILES string of the molecule is COc1cc(/C=C(/NC(=O)c2ccccc2)C(=O)Nc2cccc(SCC(=O)Nc3ccc(F)cc3)c2)cc(OC)c1OC. The summed E-state index contributed by atoms with van der Waals surface area (Å²) in [5.41, 5.74) is 1.78. The van der Waals surface area contributed by atoms with E-state index in [-0.39, 0.29) is 17.4 Å². The van der Waals surface area contributed by atoms with E-state index < -0.39 is 17.6 Å². The van der Waals surface area contributed by atoms with Gasteiger partial charge in [0.2, 0.25) is 11.7 Å². The molecule has 44 heavy (non-hydrogen) atoms. The zero-order valence-electron chi connectivity index (χ0n) is 24.2. The molecule has 0 aliphatic rings. The first kappa shape index (κ1) is 31.6. The fraction of sp³-hybridized carbons (Fsp3) is 0.121. The van der Waals surface area contributed by atoms with Crippen LogP contribution in [0.15, 0.2) is 102 Å². The van der Waals surface area contributed by atoms with Crippen molar-refractivity contribution in [1.29, 1.82) is 0 Å². The summed E-state index contributed by atoms with van der Waals surface area (Å²) in [6, 6.07) is 24.2. The van der Waals surface area contributed by atoms with Crippen LogP contribution in [-0.2, 0) is 9.59 Å². The van der Waals surface area contributed by atoms with Gasteiger partial charge in [-0.15, -0.1) is 11.8 Å². The zero-order valence-corrected chi connectivity index (χ0v) is 25.0. The maximum Gasteiger partial charge on any atom is 0.272 e. The summed E-state index contributed by atoms with van der Waals surface area (Å²) < 4.78 is 29.4. The van der Waals surface area contributed by atoms with E-state index in [1.807, 2.05) is 0 Å². The van der Waals surface area contributed by atoms with Gasteiger partial charge < -0.3 is 30.2 Å². The van der Waals surface area contributed by atoms with Gasteiger partial charge >= 0.3 is 0 Å². The number of rotatable bonds is 12. The van der Waals surface area contributed by atoms with Crippen LogP contribution in [0.4, 0.5) is 15.8 Å². The molecule has 0 heterocycles. The van der Waals surface area contributed by atoms with E-state index in [1.165, 1.54) is 63.4 Å². The topological polar surface area (TPSA) is 115 Å². The first-order valence-electron chi connectivity index (χ1n) is 13.3. The van der Waals surface area contributed by atoms with Gasteiger partial charge in [0.05, 0.1) is 27.1 Å². The number of halogens is 1. The Hall–Kier alpha value is -5.29. The lowest BCUT2D eigenvalue weighted by molar-refractivity contribution is -0.114. The number of thioether (sulfide) groups is 1. The molecule has 4 aromatic rings. The molecule has 0 aliphatic carbocycles. The zero-order chi connectivity index (χ0) is 31.5. The number of nitrogens with one attached hydrogen (secondary N) is 3. The van der Waals surface area contributed by atoms with E-state index >= 15 is 0 Å². The van der Waals surface area contributed by atoms with Gasteiger partial charge in [-0.1, -0.05) is 24.3 Å². The van der Waals surface area contributed by atoms with E-state index in [0.29, 0.717) is 39.8 Å². The second kappa shape index (κ2) is 15.3. The molecule has 3 N–H and O–H groups in total. The number of benzene rings is 4. The average Bonchev–Trinajstić information content (AvgIpc) is 3.04. The predicted molar refractivity (Wildman–Crippen MR) is 169 cm³/mol. The van der Waals surface area contributed by atoms with Crippen LogP contribution in [0, 0.1) is 5.82 Å². The van der Waals surface area contributed by atoms with Crippen molar-refractivity contribution in [1.82, 2.24) is 5.32 Å². The number of hydrogen-bond donors (Lipinski definition) is 3. The van der Waals surface area contributed by atoms with Crippen LogP contribution in [0.1, 0.15) is 15.9 Å². The van der Waals surface area contributed by atoms with Gasteiger partial charge in [-0.05, 0) is 78.4 Å². The highest BCUT2D eigenvalue weighted by Gasteiger charge is 2.18.